The summed E-state index contributed by atoms with van der Waals surface area (Å²) < 4.78 is 5.85. The molecule has 3 nitrogen and oxygen atoms in total. The lowest BCUT2D eigenvalue weighted by Crippen LogP contribution is -2.46. The Bertz CT molecular complexity index is 267. The molecule has 1 saturated heterocycles. The molecule has 3 atom stereocenters. The minimum absolute atomic E-state index is 0.180. The lowest BCUT2D eigenvalue weighted by molar-refractivity contribution is -0.138. The van der Waals surface area contributed by atoms with Crippen LogP contribution in [0.15, 0.2) is 0 Å². The Morgan fingerprint density at radius 1 is 1.41 bits per heavy atom. The van der Waals surface area contributed by atoms with Crippen molar-refractivity contribution in [2.45, 2.75) is 64.5 Å². The molecular weight excluding hydrogens is 214 g/mol. The molecule has 0 N–H and O–H groups in total. The molecule has 0 bridgehead atoms. The molecule has 1 saturated carbocycles. The van der Waals surface area contributed by atoms with E-state index in [1.54, 1.807) is 0 Å². The Morgan fingerprint density at radius 2 is 2.24 bits per heavy atom. The molecule has 0 radical (unpaired) electrons. The maximum atomic E-state index is 12.5. The zero-order valence-electron chi connectivity index (χ0n) is 11.2. The first kappa shape index (κ1) is 12.9. The van der Waals surface area contributed by atoms with Crippen LogP contribution in [0.4, 0.5) is 0 Å². The summed E-state index contributed by atoms with van der Waals surface area (Å²) in [5.74, 6) is 0.536. The van der Waals surface area contributed by atoms with Crippen LogP contribution in [-0.4, -0.2) is 36.1 Å². The van der Waals surface area contributed by atoms with E-state index in [0.29, 0.717) is 18.1 Å². The van der Waals surface area contributed by atoms with E-state index in [-0.39, 0.29) is 5.92 Å². The number of amides is 1. The Kier molecular flexibility index (Phi) is 4.43. The van der Waals surface area contributed by atoms with E-state index in [1.165, 1.54) is 6.42 Å². The zero-order valence-corrected chi connectivity index (χ0v) is 11.2. The van der Waals surface area contributed by atoms with E-state index in [0.717, 1.165) is 45.3 Å². The molecule has 2 rings (SSSR count). The standard InChI is InChI=1S/C14H25NO2/c1-3-6-11(2)14(16)15-9-5-10-17-13-8-4-7-12(13)15/h11-13H,3-10H2,1-2H3/t11-,12-,13+/m0/s1. The normalized spacial score (nSPS) is 30.8. The van der Waals surface area contributed by atoms with E-state index in [4.69, 9.17) is 4.74 Å². The van der Waals surface area contributed by atoms with E-state index < -0.39 is 0 Å². The number of fused-ring (bicyclic) bond motifs is 1. The predicted octanol–water partition coefficient (Wildman–Crippen LogP) is 2.59. The first-order valence-corrected chi connectivity index (χ1v) is 7.16. The smallest absolute Gasteiger partial charge is 0.225 e. The van der Waals surface area contributed by atoms with Gasteiger partial charge in [0.05, 0.1) is 12.1 Å². The summed E-state index contributed by atoms with van der Waals surface area (Å²) in [6, 6.07) is 0.365. The summed E-state index contributed by atoms with van der Waals surface area (Å²) in [6.07, 6.45) is 6.89. The van der Waals surface area contributed by atoms with Gasteiger partial charge >= 0.3 is 0 Å². The summed E-state index contributed by atoms with van der Waals surface area (Å²) in [5.41, 5.74) is 0. The molecule has 98 valence electrons. The number of ether oxygens (including phenoxy) is 1. The van der Waals surface area contributed by atoms with E-state index >= 15 is 0 Å². The molecule has 0 aromatic rings. The maximum Gasteiger partial charge on any atom is 0.225 e. The fourth-order valence-corrected chi connectivity index (χ4v) is 3.21. The average molecular weight is 239 g/mol. The third-order valence-electron chi connectivity index (χ3n) is 4.12. The van der Waals surface area contributed by atoms with Gasteiger partial charge in [0.25, 0.3) is 0 Å². The van der Waals surface area contributed by atoms with Crippen molar-refractivity contribution in [3.05, 3.63) is 0 Å². The van der Waals surface area contributed by atoms with Gasteiger partial charge in [-0.3, -0.25) is 4.79 Å². The number of hydrogen-bond acceptors (Lipinski definition) is 2. The molecular formula is C14H25NO2. The summed E-state index contributed by atoms with van der Waals surface area (Å²) >= 11 is 0. The van der Waals surface area contributed by atoms with Crippen molar-refractivity contribution in [2.24, 2.45) is 5.92 Å². The Hall–Kier alpha value is -0.570. The van der Waals surface area contributed by atoms with Crippen molar-refractivity contribution in [1.29, 1.82) is 0 Å². The lowest BCUT2D eigenvalue weighted by Gasteiger charge is -2.32. The first-order chi connectivity index (χ1) is 8.24. The van der Waals surface area contributed by atoms with Gasteiger partial charge in [0.1, 0.15) is 0 Å². The van der Waals surface area contributed by atoms with Crippen molar-refractivity contribution in [1.82, 2.24) is 4.90 Å². The van der Waals surface area contributed by atoms with E-state index in [9.17, 15) is 4.79 Å². The number of rotatable bonds is 3. The highest BCUT2D eigenvalue weighted by molar-refractivity contribution is 5.79. The highest BCUT2D eigenvalue weighted by atomic mass is 16.5. The van der Waals surface area contributed by atoms with Gasteiger partial charge in [0.15, 0.2) is 0 Å². The molecule has 1 amide bonds. The van der Waals surface area contributed by atoms with Gasteiger partial charge in [-0.25, -0.2) is 0 Å². The van der Waals surface area contributed by atoms with Crippen LogP contribution in [0.3, 0.4) is 0 Å². The van der Waals surface area contributed by atoms with Crippen LogP contribution in [0, 0.1) is 5.92 Å². The monoisotopic (exact) mass is 239 g/mol. The molecule has 1 heterocycles. The summed E-state index contributed by atoms with van der Waals surface area (Å²) in [4.78, 5) is 14.6. The highest BCUT2D eigenvalue weighted by Gasteiger charge is 2.37. The molecule has 3 heteroatoms. The van der Waals surface area contributed by atoms with Crippen LogP contribution in [0.5, 0.6) is 0 Å². The second-order valence-electron chi connectivity index (χ2n) is 5.48. The average Bonchev–Trinajstić information content (AvgIpc) is 2.69. The van der Waals surface area contributed by atoms with E-state index in [1.807, 2.05) is 0 Å². The molecule has 1 aliphatic carbocycles. The number of hydrogen-bond donors (Lipinski definition) is 0. The molecule has 2 aliphatic rings. The molecule has 2 fully saturated rings. The molecule has 0 aromatic heterocycles. The van der Waals surface area contributed by atoms with Crippen molar-refractivity contribution < 1.29 is 9.53 Å². The third-order valence-corrected chi connectivity index (χ3v) is 4.12. The van der Waals surface area contributed by atoms with Crippen molar-refractivity contribution in [2.75, 3.05) is 13.2 Å². The van der Waals surface area contributed by atoms with Gasteiger partial charge in [-0.15, -0.1) is 0 Å². The Morgan fingerprint density at radius 3 is 3.00 bits per heavy atom. The van der Waals surface area contributed by atoms with Gasteiger partial charge < -0.3 is 9.64 Å². The van der Waals surface area contributed by atoms with Gasteiger partial charge in [-0.2, -0.15) is 0 Å². The Labute approximate surface area is 105 Å². The SMILES string of the molecule is CCC[C@H](C)C(=O)N1CCCO[C@@H]2CCC[C@@H]21. The van der Waals surface area contributed by atoms with Crippen LogP contribution >= 0.6 is 0 Å². The van der Waals surface area contributed by atoms with Crippen LogP contribution in [0.2, 0.25) is 0 Å². The van der Waals surface area contributed by atoms with Gasteiger partial charge in [0.2, 0.25) is 5.91 Å². The van der Waals surface area contributed by atoms with Crippen LogP contribution < -0.4 is 0 Å². The quantitative estimate of drug-likeness (QED) is 0.757. The number of carbonyl (C=O) groups excluding carboxylic acids is 1. The van der Waals surface area contributed by atoms with Gasteiger partial charge in [0, 0.05) is 19.1 Å². The second-order valence-corrected chi connectivity index (χ2v) is 5.48. The van der Waals surface area contributed by atoms with Crippen LogP contribution in [-0.2, 0) is 9.53 Å². The second kappa shape index (κ2) is 5.85. The first-order valence-electron chi connectivity index (χ1n) is 7.16. The summed E-state index contributed by atoms with van der Waals surface area (Å²) in [6.45, 7) is 5.94. The molecule has 0 aromatic carbocycles. The third kappa shape index (κ3) is 2.82. The fourth-order valence-electron chi connectivity index (χ4n) is 3.21. The van der Waals surface area contributed by atoms with Gasteiger partial charge in [-0.1, -0.05) is 20.3 Å². The summed E-state index contributed by atoms with van der Waals surface area (Å²) in [7, 11) is 0. The topological polar surface area (TPSA) is 29.5 Å². The fraction of sp³-hybridized carbons (Fsp3) is 0.929. The zero-order chi connectivity index (χ0) is 12.3. The maximum absolute atomic E-state index is 12.5. The highest BCUT2D eigenvalue weighted by Crippen LogP contribution is 2.30. The van der Waals surface area contributed by atoms with E-state index in [2.05, 4.69) is 18.7 Å². The largest absolute Gasteiger partial charge is 0.376 e. The minimum Gasteiger partial charge on any atom is -0.376 e. The number of nitrogens with zero attached hydrogens (tertiary/aromatic N) is 1. The predicted molar refractivity (Wildman–Crippen MR) is 67.8 cm³/mol. The molecule has 0 unspecified atom stereocenters. The van der Waals surface area contributed by atoms with Crippen LogP contribution in [0.25, 0.3) is 0 Å². The lowest BCUT2D eigenvalue weighted by atomic mass is 10.0. The minimum atomic E-state index is 0.180. The van der Waals surface area contributed by atoms with Crippen molar-refractivity contribution in [3.8, 4) is 0 Å². The summed E-state index contributed by atoms with van der Waals surface area (Å²) in [5, 5.41) is 0. The Balaban J connectivity index is 2.03. The number of carbonyl (C=O) groups is 1. The van der Waals surface area contributed by atoms with Gasteiger partial charge in [-0.05, 0) is 32.1 Å². The molecule has 0 spiro atoms. The van der Waals surface area contributed by atoms with Crippen LogP contribution in [0.1, 0.15) is 52.4 Å². The molecule has 1 aliphatic heterocycles. The van der Waals surface area contributed by atoms with Crippen molar-refractivity contribution in [3.63, 3.8) is 0 Å². The molecule has 17 heavy (non-hydrogen) atoms. The van der Waals surface area contributed by atoms with Crippen molar-refractivity contribution >= 4 is 5.91 Å².